The van der Waals surface area contributed by atoms with E-state index < -0.39 is 5.97 Å². The third-order valence-corrected chi connectivity index (χ3v) is 7.26. The lowest BCUT2D eigenvalue weighted by Gasteiger charge is -2.45. The van der Waals surface area contributed by atoms with Crippen molar-refractivity contribution in [3.63, 3.8) is 0 Å². The van der Waals surface area contributed by atoms with E-state index >= 15 is 0 Å². The van der Waals surface area contributed by atoms with Crippen molar-refractivity contribution in [2.75, 3.05) is 0 Å². The average molecular weight is 423 g/mol. The van der Waals surface area contributed by atoms with Crippen LogP contribution in [0, 0.1) is 11.8 Å². The van der Waals surface area contributed by atoms with Gasteiger partial charge >= 0.3 is 5.97 Å². The Morgan fingerprint density at radius 3 is 1.50 bits per heavy atom. The minimum absolute atomic E-state index is 0.0497. The highest BCUT2D eigenvalue weighted by Gasteiger charge is 2.61. The molecule has 2 atom stereocenters. The third-order valence-electron chi connectivity index (χ3n) is 7.26. The molecule has 3 aliphatic carbocycles. The molecule has 1 heterocycles. The van der Waals surface area contributed by atoms with Gasteiger partial charge in [-0.05, 0) is 33.4 Å². The summed E-state index contributed by atoms with van der Waals surface area (Å²) in [5, 5.41) is 8.96. The van der Waals surface area contributed by atoms with E-state index in [4.69, 9.17) is 5.11 Å². The normalized spacial score (nSPS) is 24.8. The van der Waals surface area contributed by atoms with E-state index in [0.717, 1.165) is 5.56 Å². The monoisotopic (exact) mass is 423 g/mol. The van der Waals surface area contributed by atoms with E-state index in [0.29, 0.717) is 5.56 Å². The molecule has 3 aromatic carbocycles. The summed E-state index contributed by atoms with van der Waals surface area (Å²) < 4.78 is 0. The summed E-state index contributed by atoms with van der Waals surface area (Å²) in [7, 11) is 0. The van der Waals surface area contributed by atoms with Gasteiger partial charge in [-0.25, -0.2) is 0 Å². The van der Waals surface area contributed by atoms with Gasteiger partial charge in [0.05, 0.1) is 24.8 Å². The van der Waals surface area contributed by atoms with Crippen molar-refractivity contribution in [3.05, 3.63) is 106 Å². The highest BCUT2D eigenvalue weighted by molar-refractivity contribution is 6.07. The Hall–Kier alpha value is -3.73. The minimum Gasteiger partial charge on any atom is -0.481 e. The van der Waals surface area contributed by atoms with Gasteiger partial charge in [0.25, 0.3) is 0 Å². The van der Waals surface area contributed by atoms with Gasteiger partial charge in [0.15, 0.2) is 0 Å². The quantitative estimate of drug-likeness (QED) is 0.650. The fourth-order valence-corrected chi connectivity index (χ4v) is 6.01. The van der Waals surface area contributed by atoms with Gasteiger partial charge in [-0.2, -0.15) is 0 Å². The molecule has 0 radical (unpaired) electrons. The van der Waals surface area contributed by atoms with Gasteiger partial charge in [0, 0.05) is 11.8 Å². The fourth-order valence-electron chi connectivity index (χ4n) is 6.01. The molecule has 0 aromatic heterocycles. The second-order valence-electron chi connectivity index (χ2n) is 8.91. The lowest BCUT2D eigenvalue weighted by molar-refractivity contribution is -0.141. The van der Waals surface area contributed by atoms with E-state index in [1.54, 1.807) is 24.3 Å². The predicted molar refractivity (Wildman–Crippen MR) is 117 cm³/mol. The second kappa shape index (κ2) is 6.89. The van der Waals surface area contributed by atoms with Gasteiger partial charge in [0.2, 0.25) is 11.8 Å². The number of aliphatic carboxylic acids is 1. The SMILES string of the molecule is O=C(O)Cc1ccc(CN2C(=O)C3C4c5ccccc5C(c5ccccc54)C3C2=O)cc1. The van der Waals surface area contributed by atoms with Gasteiger partial charge in [-0.3, -0.25) is 19.3 Å². The minimum atomic E-state index is -0.888. The zero-order valence-corrected chi connectivity index (χ0v) is 17.3. The van der Waals surface area contributed by atoms with Gasteiger partial charge < -0.3 is 5.11 Å². The smallest absolute Gasteiger partial charge is 0.307 e. The van der Waals surface area contributed by atoms with Crippen LogP contribution in [-0.2, 0) is 27.3 Å². The van der Waals surface area contributed by atoms with Crippen molar-refractivity contribution in [1.29, 1.82) is 0 Å². The van der Waals surface area contributed by atoms with Crippen LogP contribution in [0.25, 0.3) is 0 Å². The maximum atomic E-state index is 13.6. The maximum Gasteiger partial charge on any atom is 0.307 e. The fraction of sp³-hybridized carbons (Fsp3) is 0.222. The van der Waals surface area contributed by atoms with Gasteiger partial charge in [-0.15, -0.1) is 0 Å². The Bertz CT molecular complexity index is 1160. The number of carboxylic acid groups (broad SMARTS) is 1. The van der Waals surface area contributed by atoms with E-state index in [1.807, 2.05) is 24.3 Å². The molecule has 0 spiro atoms. The van der Waals surface area contributed by atoms with Gasteiger partial charge in [0.1, 0.15) is 0 Å². The van der Waals surface area contributed by atoms with Crippen molar-refractivity contribution in [1.82, 2.24) is 4.90 Å². The number of likely N-dealkylation sites (tertiary alicyclic amines) is 1. The molecule has 2 unspecified atom stereocenters. The van der Waals surface area contributed by atoms with Crippen molar-refractivity contribution < 1.29 is 19.5 Å². The Morgan fingerprint density at radius 2 is 1.09 bits per heavy atom. The summed E-state index contributed by atoms with van der Waals surface area (Å²) >= 11 is 0. The van der Waals surface area contributed by atoms with Crippen LogP contribution in [0.5, 0.6) is 0 Å². The molecule has 3 aromatic rings. The molecule has 1 aliphatic heterocycles. The number of imide groups is 1. The van der Waals surface area contributed by atoms with E-state index in [9.17, 15) is 14.4 Å². The molecule has 4 aliphatic rings. The molecule has 158 valence electrons. The Balaban J connectivity index is 1.37. The molecule has 2 bridgehead atoms. The zero-order valence-electron chi connectivity index (χ0n) is 17.3. The number of benzene rings is 3. The number of nitrogens with zero attached hydrogens (tertiary/aromatic N) is 1. The maximum absolute atomic E-state index is 13.6. The number of amides is 2. The predicted octanol–water partition coefficient (Wildman–Crippen LogP) is 3.71. The molecule has 5 heteroatoms. The summed E-state index contributed by atoms with van der Waals surface area (Å²) in [6.45, 7) is 0.212. The number of carbonyl (C=O) groups excluding carboxylic acids is 2. The third kappa shape index (κ3) is 2.60. The first-order valence-electron chi connectivity index (χ1n) is 10.9. The van der Waals surface area contributed by atoms with Crippen LogP contribution in [0.3, 0.4) is 0 Å². The van der Waals surface area contributed by atoms with Crippen LogP contribution < -0.4 is 0 Å². The molecule has 0 saturated carbocycles. The first kappa shape index (κ1) is 19.0. The summed E-state index contributed by atoms with van der Waals surface area (Å²) in [4.78, 5) is 39.5. The van der Waals surface area contributed by atoms with Crippen molar-refractivity contribution in [2.24, 2.45) is 11.8 Å². The number of hydrogen-bond acceptors (Lipinski definition) is 3. The standard InChI is InChI=1S/C27H21NO4/c29-21(30)13-15-9-11-16(12-10-15)14-28-26(31)24-22-17-5-1-2-6-18(17)23(25(24)27(28)32)20-8-4-3-7-19(20)22/h1-12,22-25H,13-14H2,(H,29,30). The van der Waals surface area contributed by atoms with Crippen LogP contribution in [0.4, 0.5) is 0 Å². The first-order chi connectivity index (χ1) is 15.5. The molecular weight excluding hydrogens is 402 g/mol. The topological polar surface area (TPSA) is 74.7 Å². The molecule has 2 amide bonds. The van der Waals surface area contributed by atoms with Crippen LogP contribution in [0.2, 0.25) is 0 Å². The summed E-state index contributed by atoms with van der Waals surface area (Å²) in [5.74, 6) is -2.04. The van der Waals surface area contributed by atoms with Crippen molar-refractivity contribution in [3.8, 4) is 0 Å². The summed E-state index contributed by atoms with van der Waals surface area (Å²) in [5.41, 5.74) is 6.17. The van der Waals surface area contributed by atoms with E-state index in [1.165, 1.54) is 27.2 Å². The molecular formula is C27H21NO4. The van der Waals surface area contributed by atoms with Crippen LogP contribution in [0.1, 0.15) is 45.2 Å². The molecule has 7 rings (SSSR count). The van der Waals surface area contributed by atoms with Crippen LogP contribution in [-0.4, -0.2) is 27.8 Å². The van der Waals surface area contributed by atoms with Crippen molar-refractivity contribution >= 4 is 17.8 Å². The van der Waals surface area contributed by atoms with E-state index in [2.05, 4.69) is 24.3 Å². The number of rotatable bonds is 4. The lowest BCUT2D eigenvalue weighted by Crippen LogP contribution is -2.41. The van der Waals surface area contributed by atoms with Crippen LogP contribution >= 0.6 is 0 Å². The molecule has 1 fully saturated rings. The number of hydrogen-bond donors (Lipinski definition) is 1. The lowest BCUT2D eigenvalue weighted by atomic mass is 9.55. The summed E-state index contributed by atoms with van der Waals surface area (Å²) in [6, 6.07) is 23.5. The zero-order chi connectivity index (χ0) is 22.0. The highest BCUT2D eigenvalue weighted by atomic mass is 16.4. The number of carboxylic acids is 1. The van der Waals surface area contributed by atoms with Gasteiger partial charge in [-0.1, -0.05) is 72.8 Å². The first-order valence-corrected chi connectivity index (χ1v) is 10.9. The Labute approximate surface area is 185 Å². The molecule has 32 heavy (non-hydrogen) atoms. The van der Waals surface area contributed by atoms with Crippen molar-refractivity contribution in [2.45, 2.75) is 24.8 Å². The van der Waals surface area contributed by atoms with Crippen LogP contribution in [0.15, 0.2) is 72.8 Å². The van der Waals surface area contributed by atoms with E-state index in [-0.39, 0.29) is 48.5 Å². The highest BCUT2D eigenvalue weighted by Crippen LogP contribution is 2.61. The molecule has 5 nitrogen and oxygen atoms in total. The summed E-state index contributed by atoms with van der Waals surface area (Å²) in [6.07, 6.45) is -0.0497. The average Bonchev–Trinajstić information content (AvgIpc) is 3.05. The second-order valence-corrected chi connectivity index (χ2v) is 8.91. The molecule has 1 saturated heterocycles. The molecule has 1 N–H and O–H groups in total. The Kier molecular flexibility index (Phi) is 4.09. The largest absolute Gasteiger partial charge is 0.481 e. The number of carbonyl (C=O) groups is 3. The Morgan fingerprint density at radius 1 is 0.688 bits per heavy atom.